The quantitative estimate of drug-likeness (QED) is 0.320. The standard InChI is InChI=1S/C33H41ClN2O2Si/c1-31(2,3)39(4,5)38-21-23-16-24(20-35-19-23)33(37)12-14-36(15-13-33)22-32-18-28(26-8-6-7-9-29(26)32)27-11-10-25(34)17-30(27)32/h6-11,16-17,19-20,28,37H,12-15,18,21-22H2,1-5H3. The molecule has 6 rings (SSSR count). The third kappa shape index (κ3) is 4.60. The summed E-state index contributed by atoms with van der Waals surface area (Å²) >= 11 is 6.52. The average molecular weight is 561 g/mol. The number of fused-ring (bicyclic) bond motifs is 8. The van der Waals surface area contributed by atoms with Gasteiger partial charge in [-0.05, 0) is 83.4 Å². The number of pyridine rings is 1. The molecule has 1 N–H and O–H groups in total. The van der Waals surface area contributed by atoms with Crippen LogP contribution in [0.2, 0.25) is 23.2 Å². The summed E-state index contributed by atoms with van der Waals surface area (Å²) in [5.74, 6) is 0.456. The number of hydrogen-bond donors (Lipinski definition) is 1. The van der Waals surface area contributed by atoms with Crippen LogP contribution in [0.5, 0.6) is 0 Å². The van der Waals surface area contributed by atoms with Crippen molar-refractivity contribution in [3.63, 3.8) is 0 Å². The molecule has 0 spiro atoms. The summed E-state index contributed by atoms with van der Waals surface area (Å²) in [4.78, 5) is 7.06. The maximum Gasteiger partial charge on any atom is 0.192 e. The lowest BCUT2D eigenvalue weighted by Crippen LogP contribution is -2.47. The fourth-order valence-electron chi connectivity index (χ4n) is 6.87. The number of nitrogens with zero attached hydrogens (tertiary/aromatic N) is 2. The maximum atomic E-state index is 11.8. The zero-order chi connectivity index (χ0) is 27.6. The summed E-state index contributed by atoms with van der Waals surface area (Å²) in [5.41, 5.74) is 6.85. The van der Waals surface area contributed by atoms with Gasteiger partial charge in [0.2, 0.25) is 0 Å². The predicted molar refractivity (Wildman–Crippen MR) is 161 cm³/mol. The lowest BCUT2D eigenvalue weighted by Gasteiger charge is -2.43. The Hall–Kier alpha value is -2.02. The van der Waals surface area contributed by atoms with E-state index < -0.39 is 13.9 Å². The molecular formula is C33H41ClN2O2Si. The van der Waals surface area contributed by atoms with Gasteiger partial charge < -0.3 is 14.4 Å². The Kier molecular flexibility index (Phi) is 6.63. The van der Waals surface area contributed by atoms with E-state index in [0.717, 1.165) is 42.2 Å². The summed E-state index contributed by atoms with van der Waals surface area (Å²) in [7, 11) is -1.86. The first-order chi connectivity index (χ1) is 18.4. The Morgan fingerprint density at radius 1 is 1.03 bits per heavy atom. The number of aromatic nitrogens is 1. The van der Waals surface area contributed by atoms with Crippen molar-refractivity contribution in [2.45, 2.75) is 81.7 Å². The first-order valence-electron chi connectivity index (χ1n) is 14.3. The Bertz CT molecular complexity index is 1390. The van der Waals surface area contributed by atoms with Gasteiger partial charge in [-0.15, -0.1) is 0 Å². The minimum absolute atomic E-state index is 0.0283. The summed E-state index contributed by atoms with van der Waals surface area (Å²) in [6.45, 7) is 14.5. The van der Waals surface area contributed by atoms with Crippen molar-refractivity contribution in [2.75, 3.05) is 19.6 Å². The van der Waals surface area contributed by atoms with Crippen LogP contribution in [0.1, 0.15) is 79.3 Å². The van der Waals surface area contributed by atoms with Crippen LogP contribution in [-0.2, 0) is 22.0 Å². The molecule has 2 unspecified atom stereocenters. The predicted octanol–water partition coefficient (Wildman–Crippen LogP) is 7.38. The van der Waals surface area contributed by atoms with E-state index in [4.69, 9.17) is 16.0 Å². The Labute approximate surface area is 239 Å². The van der Waals surface area contributed by atoms with Gasteiger partial charge in [0.05, 0.1) is 12.2 Å². The number of halogens is 1. The van der Waals surface area contributed by atoms with E-state index >= 15 is 0 Å². The van der Waals surface area contributed by atoms with Crippen LogP contribution >= 0.6 is 11.6 Å². The lowest BCUT2D eigenvalue weighted by molar-refractivity contribution is -0.0292. The van der Waals surface area contributed by atoms with Crippen LogP contribution in [0.3, 0.4) is 0 Å². The van der Waals surface area contributed by atoms with Crippen LogP contribution in [0.15, 0.2) is 60.9 Å². The molecule has 2 heterocycles. The lowest BCUT2D eigenvalue weighted by atomic mass is 9.74. The number of likely N-dealkylation sites (tertiary alicyclic amines) is 1. The number of aliphatic hydroxyl groups is 1. The van der Waals surface area contributed by atoms with E-state index in [0.29, 0.717) is 25.4 Å². The molecule has 3 aromatic rings. The molecule has 0 saturated carbocycles. The first kappa shape index (κ1) is 27.2. The van der Waals surface area contributed by atoms with Gasteiger partial charge in [-0.1, -0.05) is 62.7 Å². The van der Waals surface area contributed by atoms with Gasteiger partial charge in [-0.3, -0.25) is 4.98 Å². The molecule has 39 heavy (non-hydrogen) atoms. The van der Waals surface area contributed by atoms with Crippen molar-refractivity contribution in [2.24, 2.45) is 0 Å². The molecular weight excluding hydrogens is 520 g/mol. The van der Waals surface area contributed by atoms with E-state index in [1.54, 1.807) is 0 Å². The Morgan fingerprint density at radius 2 is 1.74 bits per heavy atom. The normalized spacial score (nSPS) is 24.0. The van der Waals surface area contributed by atoms with Gasteiger partial charge >= 0.3 is 0 Å². The molecule has 0 amide bonds. The largest absolute Gasteiger partial charge is 0.413 e. The van der Waals surface area contributed by atoms with E-state index in [2.05, 4.69) is 86.2 Å². The van der Waals surface area contributed by atoms with Crippen LogP contribution < -0.4 is 0 Å². The SMILES string of the molecule is CC(C)(C)[Si](C)(C)OCc1cncc(C2(O)CCN(CC34CC(c5ccccc53)c3ccc(Cl)cc34)CC2)c1. The minimum atomic E-state index is -1.86. The highest BCUT2D eigenvalue weighted by molar-refractivity contribution is 6.74. The number of benzene rings is 2. The summed E-state index contributed by atoms with van der Waals surface area (Å²) in [6, 6.07) is 17.6. The van der Waals surface area contributed by atoms with Gasteiger partial charge in [0.1, 0.15) is 0 Å². The summed E-state index contributed by atoms with van der Waals surface area (Å²) in [6.07, 6.45) is 6.24. The number of rotatable bonds is 6. The van der Waals surface area contributed by atoms with Crippen molar-refractivity contribution in [3.8, 4) is 0 Å². The highest BCUT2D eigenvalue weighted by Crippen LogP contribution is 2.60. The highest BCUT2D eigenvalue weighted by Gasteiger charge is 2.53. The van der Waals surface area contributed by atoms with Crippen molar-refractivity contribution in [1.29, 1.82) is 0 Å². The number of hydrogen-bond acceptors (Lipinski definition) is 4. The zero-order valence-electron chi connectivity index (χ0n) is 23.9. The molecule has 1 aromatic heterocycles. The Balaban J connectivity index is 1.18. The molecule has 1 aliphatic heterocycles. The van der Waals surface area contributed by atoms with Crippen LogP contribution in [0, 0.1) is 0 Å². The van der Waals surface area contributed by atoms with Gasteiger partial charge in [0.25, 0.3) is 0 Å². The average Bonchev–Trinajstić information content (AvgIpc) is 3.40. The molecule has 2 aromatic carbocycles. The van der Waals surface area contributed by atoms with Gasteiger partial charge in [0, 0.05) is 53.9 Å². The molecule has 1 fully saturated rings. The van der Waals surface area contributed by atoms with Crippen molar-refractivity contribution >= 4 is 19.9 Å². The smallest absolute Gasteiger partial charge is 0.192 e. The third-order valence-corrected chi connectivity index (χ3v) is 14.9. The molecule has 206 valence electrons. The second kappa shape index (κ2) is 9.52. The highest BCUT2D eigenvalue weighted by atomic mass is 35.5. The summed E-state index contributed by atoms with van der Waals surface area (Å²) < 4.78 is 6.44. The fourth-order valence-corrected chi connectivity index (χ4v) is 8.00. The van der Waals surface area contributed by atoms with Gasteiger partial charge in [-0.2, -0.15) is 0 Å². The van der Waals surface area contributed by atoms with Crippen LogP contribution in [-0.4, -0.2) is 42.9 Å². The van der Waals surface area contributed by atoms with Crippen LogP contribution in [0.4, 0.5) is 0 Å². The van der Waals surface area contributed by atoms with Crippen molar-refractivity contribution in [1.82, 2.24) is 9.88 Å². The minimum Gasteiger partial charge on any atom is -0.413 e. The molecule has 2 aliphatic carbocycles. The van der Waals surface area contributed by atoms with E-state index in [1.807, 2.05) is 18.5 Å². The van der Waals surface area contributed by atoms with Gasteiger partial charge in [0.15, 0.2) is 8.32 Å². The summed E-state index contributed by atoms with van der Waals surface area (Å²) in [5, 5.41) is 12.7. The fraction of sp³-hybridized carbons (Fsp3) is 0.485. The van der Waals surface area contributed by atoms with E-state index in [1.165, 1.54) is 22.3 Å². The second-order valence-corrected chi connectivity index (χ2v) is 18.8. The monoisotopic (exact) mass is 560 g/mol. The first-order valence-corrected chi connectivity index (χ1v) is 17.6. The topological polar surface area (TPSA) is 45.6 Å². The third-order valence-electron chi connectivity index (χ3n) is 10.2. The Morgan fingerprint density at radius 3 is 2.49 bits per heavy atom. The van der Waals surface area contributed by atoms with Crippen LogP contribution in [0.25, 0.3) is 0 Å². The zero-order valence-corrected chi connectivity index (χ0v) is 25.7. The van der Waals surface area contributed by atoms with Gasteiger partial charge in [-0.25, -0.2) is 0 Å². The second-order valence-electron chi connectivity index (χ2n) is 13.6. The van der Waals surface area contributed by atoms with Crippen molar-refractivity contribution in [3.05, 3.63) is 99.3 Å². The molecule has 6 heteroatoms. The molecule has 2 bridgehead atoms. The van der Waals surface area contributed by atoms with Crippen molar-refractivity contribution < 1.29 is 9.53 Å². The molecule has 0 radical (unpaired) electrons. The molecule has 2 atom stereocenters. The molecule has 3 aliphatic rings. The van der Waals surface area contributed by atoms with E-state index in [9.17, 15) is 5.11 Å². The van der Waals surface area contributed by atoms with E-state index in [-0.39, 0.29) is 10.5 Å². The number of piperidine rings is 1. The molecule has 1 saturated heterocycles. The molecule has 4 nitrogen and oxygen atoms in total. The maximum absolute atomic E-state index is 11.8.